The quantitative estimate of drug-likeness (QED) is 0.393. The van der Waals surface area contributed by atoms with Crippen molar-refractivity contribution in [2.24, 2.45) is 0 Å². The molecule has 2 rings (SSSR count). The lowest BCUT2D eigenvalue weighted by atomic mass is 9.97. The molecule has 0 saturated carbocycles. The largest absolute Gasteiger partial charge is 0.481 e. The molecule has 0 saturated heterocycles. The zero-order valence-electron chi connectivity index (χ0n) is 18.3. The van der Waals surface area contributed by atoms with E-state index in [2.05, 4.69) is 15.3 Å². The van der Waals surface area contributed by atoms with Gasteiger partial charge in [-0.1, -0.05) is 56.3 Å². The van der Waals surface area contributed by atoms with Gasteiger partial charge in [-0.15, -0.1) is 0 Å². The van der Waals surface area contributed by atoms with Crippen LogP contribution in [-0.4, -0.2) is 64.0 Å². The molecule has 0 radical (unpaired) electrons. The number of rotatable bonds is 11. The first-order valence-corrected chi connectivity index (χ1v) is 12.2. The molecule has 0 spiro atoms. The van der Waals surface area contributed by atoms with Crippen LogP contribution in [0.25, 0.3) is 17.3 Å². The summed E-state index contributed by atoms with van der Waals surface area (Å²) in [5.41, 5.74) is 2.61. The molecule has 1 aromatic carbocycles. The van der Waals surface area contributed by atoms with Crippen LogP contribution in [-0.2, 0) is 14.6 Å². The Hall–Kier alpha value is -2.82. The van der Waals surface area contributed by atoms with Gasteiger partial charge in [-0.2, -0.15) is 0 Å². The number of sulfone groups is 1. The van der Waals surface area contributed by atoms with Crippen LogP contribution in [0.2, 0.25) is 0 Å². The van der Waals surface area contributed by atoms with E-state index < -0.39 is 34.4 Å². The normalized spacial score (nSPS) is 13.9. The Kier molecular flexibility index (Phi) is 8.88. The number of benzene rings is 1. The standard InChI is InChI=1S/C22H29N3O6S/c1-14(2)20-18(10-9-16(26)11-17(27)12-19(28)29)21(15-7-5-4-6-8-15)25-22(24-20)23-13-32(3,30)31/h4-10,14,16-17,26-27H,11-13H2,1-3H3,(H,28,29)(H,23,24,25)/b10-9+/t16-,17-/m1/s1. The van der Waals surface area contributed by atoms with Gasteiger partial charge in [0.25, 0.3) is 0 Å². The number of carboxylic acid groups (broad SMARTS) is 1. The van der Waals surface area contributed by atoms with Crippen molar-refractivity contribution in [3.63, 3.8) is 0 Å². The van der Waals surface area contributed by atoms with Gasteiger partial charge in [0.05, 0.1) is 30.0 Å². The summed E-state index contributed by atoms with van der Waals surface area (Å²) in [5.74, 6) is -1.33. The maximum atomic E-state index is 11.6. The van der Waals surface area contributed by atoms with Crippen LogP contribution < -0.4 is 5.32 Å². The van der Waals surface area contributed by atoms with E-state index in [1.165, 1.54) is 6.08 Å². The molecule has 1 aromatic heterocycles. The highest BCUT2D eigenvalue weighted by molar-refractivity contribution is 7.90. The molecule has 4 N–H and O–H groups in total. The minimum absolute atomic E-state index is 0.0476. The molecule has 1 heterocycles. The van der Waals surface area contributed by atoms with E-state index in [-0.39, 0.29) is 24.2 Å². The van der Waals surface area contributed by atoms with Crippen molar-refractivity contribution in [1.29, 1.82) is 0 Å². The zero-order chi connectivity index (χ0) is 23.9. The van der Waals surface area contributed by atoms with E-state index in [1.807, 2.05) is 44.2 Å². The number of nitrogens with zero attached hydrogens (tertiary/aromatic N) is 2. The summed E-state index contributed by atoms with van der Waals surface area (Å²) in [7, 11) is -3.29. The van der Waals surface area contributed by atoms with Gasteiger partial charge in [0, 0.05) is 23.8 Å². The predicted octanol–water partition coefficient (Wildman–Crippen LogP) is 2.28. The summed E-state index contributed by atoms with van der Waals surface area (Å²) in [6.07, 6.45) is 1.39. The van der Waals surface area contributed by atoms with Crippen molar-refractivity contribution in [2.45, 2.75) is 44.8 Å². The molecule has 0 fully saturated rings. The van der Waals surface area contributed by atoms with Crippen molar-refractivity contribution < 1.29 is 28.5 Å². The Balaban J connectivity index is 2.48. The van der Waals surface area contributed by atoms with Crippen LogP contribution in [0.4, 0.5) is 5.95 Å². The van der Waals surface area contributed by atoms with Gasteiger partial charge in [-0.25, -0.2) is 18.4 Å². The lowest BCUT2D eigenvalue weighted by Crippen LogP contribution is -2.19. The highest BCUT2D eigenvalue weighted by atomic mass is 32.2. The molecule has 0 unspecified atom stereocenters. The number of carboxylic acids is 1. The maximum absolute atomic E-state index is 11.6. The van der Waals surface area contributed by atoms with Crippen molar-refractivity contribution in [3.05, 3.63) is 47.7 Å². The molecule has 0 aliphatic rings. The van der Waals surface area contributed by atoms with Gasteiger partial charge in [0.15, 0.2) is 9.84 Å². The third-order valence-corrected chi connectivity index (χ3v) is 5.14. The summed E-state index contributed by atoms with van der Waals surface area (Å²) in [5, 5.41) is 31.5. The summed E-state index contributed by atoms with van der Waals surface area (Å²) in [4.78, 5) is 19.7. The molecular formula is C22H29N3O6S. The summed E-state index contributed by atoms with van der Waals surface area (Å²) < 4.78 is 23.1. The van der Waals surface area contributed by atoms with Crippen LogP contribution in [0.15, 0.2) is 36.4 Å². The maximum Gasteiger partial charge on any atom is 0.305 e. The first-order chi connectivity index (χ1) is 15.0. The number of nitrogens with one attached hydrogen (secondary N) is 1. The number of aromatic nitrogens is 2. The Morgan fingerprint density at radius 2 is 1.81 bits per heavy atom. The number of aliphatic carboxylic acids is 1. The minimum atomic E-state index is -3.29. The molecule has 0 aliphatic carbocycles. The fourth-order valence-electron chi connectivity index (χ4n) is 3.03. The molecule has 9 nitrogen and oxygen atoms in total. The van der Waals surface area contributed by atoms with Crippen molar-refractivity contribution in [3.8, 4) is 11.3 Å². The minimum Gasteiger partial charge on any atom is -0.481 e. The molecule has 2 atom stereocenters. The second-order valence-electron chi connectivity index (χ2n) is 7.88. The summed E-state index contributed by atoms with van der Waals surface area (Å²) in [6.45, 7) is 3.86. The summed E-state index contributed by atoms with van der Waals surface area (Å²) in [6, 6.07) is 9.27. The van der Waals surface area contributed by atoms with E-state index in [9.17, 15) is 23.4 Å². The lowest BCUT2D eigenvalue weighted by Gasteiger charge is -2.17. The van der Waals surface area contributed by atoms with Crippen LogP contribution in [0.1, 0.15) is 43.9 Å². The Bertz CT molecular complexity index is 1050. The van der Waals surface area contributed by atoms with Gasteiger partial charge in [-0.3, -0.25) is 4.79 Å². The smallest absolute Gasteiger partial charge is 0.305 e. The van der Waals surface area contributed by atoms with Gasteiger partial charge >= 0.3 is 5.97 Å². The van der Waals surface area contributed by atoms with Gasteiger partial charge < -0.3 is 20.6 Å². The lowest BCUT2D eigenvalue weighted by molar-refractivity contribution is -0.139. The predicted molar refractivity (Wildman–Crippen MR) is 123 cm³/mol. The number of aliphatic hydroxyl groups is 2. The molecule has 10 heteroatoms. The SMILES string of the molecule is CC(C)c1nc(NCS(C)(=O)=O)nc(-c2ccccc2)c1/C=C/[C@@H](O)C[C@@H](O)CC(=O)O. The average molecular weight is 464 g/mol. The van der Waals surface area contributed by atoms with Gasteiger partial charge in [0.2, 0.25) is 5.95 Å². The molecule has 2 aromatic rings. The monoisotopic (exact) mass is 463 g/mol. The third-order valence-electron chi connectivity index (χ3n) is 4.47. The molecule has 0 bridgehead atoms. The first kappa shape index (κ1) is 25.4. The highest BCUT2D eigenvalue weighted by Crippen LogP contribution is 2.30. The summed E-state index contributed by atoms with van der Waals surface area (Å²) >= 11 is 0. The highest BCUT2D eigenvalue weighted by Gasteiger charge is 2.18. The van der Waals surface area contributed by atoms with E-state index in [0.29, 0.717) is 17.0 Å². The number of hydrogen-bond acceptors (Lipinski definition) is 8. The Morgan fingerprint density at radius 1 is 1.16 bits per heavy atom. The fraction of sp³-hybridized carbons (Fsp3) is 0.409. The van der Waals surface area contributed by atoms with Gasteiger partial charge in [-0.05, 0) is 5.92 Å². The first-order valence-electron chi connectivity index (χ1n) is 10.1. The van der Waals surface area contributed by atoms with E-state index >= 15 is 0 Å². The second-order valence-corrected chi connectivity index (χ2v) is 10.0. The van der Waals surface area contributed by atoms with Crippen LogP contribution in [0.3, 0.4) is 0 Å². The van der Waals surface area contributed by atoms with Crippen molar-refractivity contribution >= 4 is 27.8 Å². The second kappa shape index (κ2) is 11.2. The third kappa shape index (κ3) is 8.03. The van der Waals surface area contributed by atoms with Crippen molar-refractivity contribution in [1.82, 2.24) is 9.97 Å². The molecular weight excluding hydrogens is 434 g/mol. The molecule has 32 heavy (non-hydrogen) atoms. The molecule has 0 amide bonds. The number of aliphatic hydroxyl groups excluding tert-OH is 2. The van der Waals surface area contributed by atoms with E-state index in [4.69, 9.17) is 5.11 Å². The van der Waals surface area contributed by atoms with Gasteiger partial charge in [0.1, 0.15) is 5.88 Å². The number of hydrogen-bond donors (Lipinski definition) is 4. The van der Waals surface area contributed by atoms with Crippen LogP contribution in [0.5, 0.6) is 0 Å². The topological polar surface area (TPSA) is 150 Å². The van der Waals surface area contributed by atoms with Crippen molar-refractivity contribution in [2.75, 3.05) is 17.4 Å². The number of anilines is 1. The van der Waals surface area contributed by atoms with E-state index in [1.54, 1.807) is 6.08 Å². The fourth-order valence-corrected chi connectivity index (χ4v) is 3.42. The Labute approximate surface area is 187 Å². The molecule has 174 valence electrons. The average Bonchev–Trinajstić information content (AvgIpc) is 2.69. The Morgan fingerprint density at radius 3 is 2.38 bits per heavy atom. The van der Waals surface area contributed by atoms with Crippen LogP contribution >= 0.6 is 0 Å². The molecule has 0 aliphatic heterocycles. The van der Waals surface area contributed by atoms with Crippen LogP contribution in [0, 0.1) is 0 Å². The zero-order valence-corrected chi connectivity index (χ0v) is 19.1. The number of carbonyl (C=O) groups is 1. The van der Waals surface area contributed by atoms with E-state index in [0.717, 1.165) is 11.8 Å².